The number of hydrogen-bond donors (Lipinski definition) is 3. The summed E-state index contributed by atoms with van der Waals surface area (Å²) in [4.78, 5) is 27.7. The number of hydrogen-bond acceptors (Lipinski definition) is 5. The number of fused-ring (bicyclic) bond motifs is 1. The van der Waals surface area contributed by atoms with Crippen LogP contribution in [-0.2, 0) is 10.0 Å². The molecule has 2 aromatic carbocycles. The van der Waals surface area contributed by atoms with E-state index >= 15 is 0 Å². The lowest BCUT2D eigenvalue weighted by atomic mass is 10.1. The summed E-state index contributed by atoms with van der Waals surface area (Å²) < 4.78 is 33.3. The van der Waals surface area contributed by atoms with Gasteiger partial charge in [0.2, 0.25) is 10.0 Å². The first-order valence-corrected chi connectivity index (χ1v) is 9.80. The predicted molar refractivity (Wildman–Crippen MR) is 102 cm³/mol. The number of ether oxygens (including phenoxy) is 1. The summed E-state index contributed by atoms with van der Waals surface area (Å²) in [5, 5.41) is 0.0891. The molecule has 1 aromatic heterocycles. The van der Waals surface area contributed by atoms with Crippen molar-refractivity contribution in [2.24, 2.45) is 0 Å². The SMILES string of the molecule is CCOc1ccc(C(C)NS(=O)(=O)c2ccc3[nH]c(=O)[nH]c(=O)c3c2)cc1. The second kappa shape index (κ2) is 7.37. The number of nitrogens with one attached hydrogen (secondary N) is 3. The fraction of sp³-hybridized carbons (Fsp3) is 0.222. The van der Waals surface area contributed by atoms with Crippen molar-refractivity contribution in [2.45, 2.75) is 24.8 Å². The van der Waals surface area contributed by atoms with Crippen LogP contribution in [0.1, 0.15) is 25.5 Å². The van der Waals surface area contributed by atoms with E-state index in [1.165, 1.54) is 18.2 Å². The predicted octanol–water partition coefficient (Wildman–Crippen LogP) is 1.65. The van der Waals surface area contributed by atoms with E-state index in [4.69, 9.17) is 4.74 Å². The average Bonchev–Trinajstić information content (AvgIpc) is 2.61. The second-order valence-corrected chi connectivity index (χ2v) is 7.67. The third kappa shape index (κ3) is 4.09. The van der Waals surface area contributed by atoms with Gasteiger partial charge < -0.3 is 9.72 Å². The van der Waals surface area contributed by atoms with E-state index in [2.05, 4.69) is 14.7 Å². The minimum Gasteiger partial charge on any atom is -0.494 e. The van der Waals surface area contributed by atoms with Crippen molar-refractivity contribution in [1.82, 2.24) is 14.7 Å². The van der Waals surface area contributed by atoms with Crippen LogP contribution in [0.5, 0.6) is 5.75 Å². The quantitative estimate of drug-likeness (QED) is 0.592. The normalized spacial score (nSPS) is 12.8. The molecule has 0 spiro atoms. The Kier molecular flexibility index (Phi) is 5.15. The van der Waals surface area contributed by atoms with Crippen molar-refractivity contribution >= 4 is 20.9 Å². The molecule has 3 aromatic rings. The molecule has 3 rings (SSSR count). The first kappa shape index (κ1) is 18.9. The summed E-state index contributed by atoms with van der Waals surface area (Å²) in [6.45, 7) is 4.15. The molecule has 0 aliphatic heterocycles. The van der Waals surface area contributed by atoms with Gasteiger partial charge in [-0.25, -0.2) is 17.9 Å². The Morgan fingerprint density at radius 1 is 1.07 bits per heavy atom. The number of benzene rings is 2. The molecule has 8 nitrogen and oxygen atoms in total. The number of sulfonamides is 1. The molecular weight excluding hydrogens is 370 g/mol. The van der Waals surface area contributed by atoms with E-state index in [9.17, 15) is 18.0 Å². The molecular formula is C18H19N3O5S. The minimum atomic E-state index is -3.87. The Balaban J connectivity index is 1.88. The molecule has 0 amide bonds. The highest BCUT2D eigenvalue weighted by molar-refractivity contribution is 7.89. The molecule has 1 atom stereocenters. The lowest BCUT2D eigenvalue weighted by molar-refractivity contribution is 0.340. The van der Waals surface area contributed by atoms with Crippen LogP contribution in [0, 0.1) is 0 Å². The number of H-pyrrole nitrogens is 2. The highest BCUT2D eigenvalue weighted by Crippen LogP contribution is 2.21. The fourth-order valence-electron chi connectivity index (χ4n) is 2.70. The summed E-state index contributed by atoms with van der Waals surface area (Å²) in [6, 6.07) is 10.6. The van der Waals surface area contributed by atoms with Crippen LogP contribution in [-0.4, -0.2) is 25.0 Å². The van der Waals surface area contributed by atoms with Crippen molar-refractivity contribution in [3.8, 4) is 5.75 Å². The maximum Gasteiger partial charge on any atom is 0.326 e. The van der Waals surface area contributed by atoms with E-state index in [1.807, 2.05) is 6.92 Å². The van der Waals surface area contributed by atoms with E-state index < -0.39 is 27.3 Å². The zero-order valence-electron chi connectivity index (χ0n) is 14.8. The van der Waals surface area contributed by atoms with E-state index in [-0.39, 0.29) is 15.8 Å². The lowest BCUT2D eigenvalue weighted by Gasteiger charge is -2.15. The van der Waals surface area contributed by atoms with Crippen LogP contribution < -0.4 is 20.7 Å². The molecule has 1 unspecified atom stereocenters. The van der Waals surface area contributed by atoms with Gasteiger partial charge in [0.05, 0.1) is 22.4 Å². The maximum absolute atomic E-state index is 12.7. The Morgan fingerprint density at radius 2 is 1.78 bits per heavy atom. The van der Waals surface area contributed by atoms with E-state index in [1.54, 1.807) is 31.2 Å². The Labute approximate surface area is 155 Å². The average molecular weight is 389 g/mol. The van der Waals surface area contributed by atoms with Crippen LogP contribution in [0.2, 0.25) is 0 Å². The summed E-state index contributed by atoms with van der Waals surface area (Å²) in [5.74, 6) is 0.707. The summed E-state index contributed by atoms with van der Waals surface area (Å²) in [6.07, 6.45) is 0. The van der Waals surface area contributed by atoms with Crippen LogP contribution in [0.4, 0.5) is 0 Å². The molecule has 9 heteroatoms. The van der Waals surface area contributed by atoms with Gasteiger partial charge in [0.25, 0.3) is 5.56 Å². The Bertz CT molecular complexity index is 1180. The smallest absolute Gasteiger partial charge is 0.326 e. The third-order valence-corrected chi connectivity index (χ3v) is 5.58. The van der Waals surface area contributed by atoms with Crippen molar-refractivity contribution in [3.63, 3.8) is 0 Å². The van der Waals surface area contributed by atoms with Gasteiger partial charge >= 0.3 is 5.69 Å². The molecule has 0 aliphatic carbocycles. The molecule has 0 aliphatic rings. The molecule has 0 fully saturated rings. The highest BCUT2D eigenvalue weighted by Gasteiger charge is 2.19. The zero-order chi connectivity index (χ0) is 19.6. The van der Waals surface area contributed by atoms with Gasteiger partial charge in [0.1, 0.15) is 5.75 Å². The van der Waals surface area contributed by atoms with Crippen molar-refractivity contribution in [2.75, 3.05) is 6.61 Å². The van der Waals surface area contributed by atoms with Crippen LogP contribution in [0.3, 0.4) is 0 Å². The molecule has 142 valence electrons. The monoisotopic (exact) mass is 389 g/mol. The molecule has 3 N–H and O–H groups in total. The van der Waals surface area contributed by atoms with Gasteiger partial charge in [-0.2, -0.15) is 0 Å². The summed E-state index contributed by atoms with van der Waals surface area (Å²) >= 11 is 0. The number of rotatable bonds is 6. The maximum atomic E-state index is 12.7. The van der Waals surface area contributed by atoms with Crippen LogP contribution in [0.15, 0.2) is 56.9 Å². The van der Waals surface area contributed by atoms with Crippen LogP contribution in [0.25, 0.3) is 10.9 Å². The highest BCUT2D eigenvalue weighted by atomic mass is 32.2. The first-order valence-electron chi connectivity index (χ1n) is 8.31. The number of aromatic amines is 2. The fourth-order valence-corrected chi connectivity index (χ4v) is 3.96. The first-order chi connectivity index (χ1) is 12.8. The van der Waals surface area contributed by atoms with Crippen molar-refractivity contribution in [3.05, 3.63) is 68.9 Å². The molecule has 0 bridgehead atoms. The third-order valence-electron chi connectivity index (χ3n) is 4.04. The van der Waals surface area contributed by atoms with Crippen molar-refractivity contribution < 1.29 is 13.2 Å². The topological polar surface area (TPSA) is 121 Å². The lowest BCUT2D eigenvalue weighted by Crippen LogP contribution is -2.27. The summed E-state index contributed by atoms with van der Waals surface area (Å²) in [5.41, 5.74) is -0.261. The molecule has 27 heavy (non-hydrogen) atoms. The molecule has 0 radical (unpaired) electrons. The van der Waals surface area contributed by atoms with Crippen molar-refractivity contribution in [1.29, 1.82) is 0 Å². The van der Waals surface area contributed by atoms with Gasteiger partial charge in [-0.15, -0.1) is 0 Å². The zero-order valence-corrected chi connectivity index (χ0v) is 15.6. The number of aromatic nitrogens is 2. The Hall–Kier alpha value is -2.91. The molecule has 0 saturated carbocycles. The van der Waals surface area contributed by atoms with E-state index in [0.29, 0.717) is 12.4 Å². The van der Waals surface area contributed by atoms with Gasteiger partial charge in [-0.05, 0) is 49.7 Å². The van der Waals surface area contributed by atoms with Gasteiger partial charge in [0.15, 0.2) is 0 Å². The van der Waals surface area contributed by atoms with Gasteiger partial charge in [-0.3, -0.25) is 9.78 Å². The molecule has 0 saturated heterocycles. The standard InChI is InChI=1S/C18H19N3O5S/c1-3-26-13-6-4-12(5-7-13)11(2)21-27(24,25)14-8-9-16-15(10-14)17(22)20-18(23)19-16/h4-11,21H,3H2,1-2H3,(H2,19,20,22,23). The van der Waals surface area contributed by atoms with E-state index in [0.717, 1.165) is 5.56 Å². The van der Waals surface area contributed by atoms with Crippen LogP contribution >= 0.6 is 0 Å². The van der Waals surface area contributed by atoms with Gasteiger partial charge in [-0.1, -0.05) is 12.1 Å². The minimum absolute atomic E-state index is 0.0645. The second-order valence-electron chi connectivity index (χ2n) is 5.96. The Morgan fingerprint density at radius 3 is 2.44 bits per heavy atom. The molecule has 1 heterocycles. The summed E-state index contributed by atoms with van der Waals surface area (Å²) in [7, 11) is -3.87. The largest absolute Gasteiger partial charge is 0.494 e. The van der Waals surface area contributed by atoms with Gasteiger partial charge in [0, 0.05) is 6.04 Å².